The first kappa shape index (κ1) is 7.14. The Bertz CT molecular complexity index is 202. The summed E-state index contributed by atoms with van der Waals surface area (Å²) >= 11 is 0. The molecule has 11 heavy (non-hydrogen) atoms. The molecular weight excluding hydrogens is 138 g/mol. The number of rotatable bonds is 0. The lowest BCUT2D eigenvalue weighted by molar-refractivity contribution is -0.121. The second-order valence-electron chi connectivity index (χ2n) is 4.29. The molecule has 2 rings (SSSR count). The van der Waals surface area contributed by atoms with Crippen molar-refractivity contribution in [2.24, 2.45) is 17.3 Å². The molecule has 0 aromatic carbocycles. The quantitative estimate of drug-likeness (QED) is 0.556. The number of carbonyl (C=O) groups is 1. The highest BCUT2D eigenvalue weighted by Gasteiger charge is 2.52. The van der Waals surface area contributed by atoms with Crippen LogP contribution < -0.4 is 5.32 Å². The zero-order valence-corrected chi connectivity index (χ0v) is 7.18. The van der Waals surface area contributed by atoms with Crippen molar-refractivity contribution in [3.05, 3.63) is 0 Å². The Balaban J connectivity index is 2.09. The van der Waals surface area contributed by atoms with Gasteiger partial charge in [0.05, 0.1) is 0 Å². The van der Waals surface area contributed by atoms with Crippen molar-refractivity contribution >= 4 is 5.91 Å². The minimum atomic E-state index is 0.253. The molecule has 2 heteroatoms. The summed E-state index contributed by atoms with van der Waals surface area (Å²) in [5, 5.41) is 2.92. The van der Waals surface area contributed by atoms with Crippen LogP contribution in [-0.4, -0.2) is 12.5 Å². The van der Waals surface area contributed by atoms with Crippen LogP contribution in [0.4, 0.5) is 0 Å². The molecular formula is C9H15NO. The van der Waals surface area contributed by atoms with Crippen molar-refractivity contribution in [3.63, 3.8) is 0 Å². The molecule has 0 radical (unpaired) electrons. The normalized spacial score (nSPS) is 49.1. The van der Waals surface area contributed by atoms with Gasteiger partial charge in [0, 0.05) is 13.0 Å². The van der Waals surface area contributed by atoms with E-state index in [-0.39, 0.29) is 5.91 Å². The Kier molecular flexibility index (Phi) is 1.29. The maximum absolute atomic E-state index is 11.0. The lowest BCUT2D eigenvalue weighted by Gasteiger charge is -2.49. The molecule has 1 amide bonds. The average molecular weight is 153 g/mol. The third kappa shape index (κ3) is 0.815. The fourth-order valence-electron chi connectivity index (χ4n) is 2.63. The maximum atomic E-state index is 11.0. The zero-order chi connectivity index (χ0) is 8.06. The van der Waals surface area contributed by atoms with Crippen LogP contribution in [0.2, 0.25) is 0 Å². The molecule has 2 nitrogen and oxygen atoms in total. The van der Waals surface area contributed by atoms with Crippen LogP contribution in [0.3, 0.4) is 0 Å². The molecule has 1 saturated carbocycles. The van der Waals surface area contributed by atoms with Gasteiger partial charge in [0.1, 0.15) is 0 Å². The lowest BCUT2D eigenvalue weighted by Crippen LogP contribution is -2.46. The minimum absolute atomic E-state index is 0.253. The number of carbonyl (C=O) groups excluding carboxylic acids is 1. The molecule has 0 aromatic heterocycles. The van der Waals surface area contributed by atoms with E-state index in [0.717, 1.165) is 24.8 Å². The zero-order valence-electron chi connectivity index (χ0n) is 7.18. The Morgan fingerprint density at radius 2 is 2.27 bits per heavy atom. The summed E-state index contributed by atoms with van der Waals surface area (Å²) in [5.41, 5.74) is 0.358. The van der Waals surface area contributed by atoms with Gasteiger partial charge in [0.2, 0.25) is 5.91 Å². The van der Waals surface area contributed by atoms with Crippen molar-refractivity contribution in [2.45, 2.75) is 26.7 Å². The van der Waals surface area contributed by atoms with E-state index in [2.05, 4.69) is 19.2 Å². The summed E-state index contributed by atoms with van der Waals surface area (Å²) in [4.78, 5) is 11.0. The van der Waals surface area contributed by atoms with Crippen molar-refractivity contribution in [1.29, 1.82) is 0 Å². The molecule has 62 valence electrons. The van der Waals surface area contributed by atoms with Crippen molar-refractivity contribution in [3.8, 4) is 0 Å². The van der Waals surface area contributed by atoms with E-state index < -0.39 is 0 Å². The summed E-state index contributed by atoms with van der Waals surface area (Å²) in [6.45, 7) is 5.48. The molecule has 1 spiro atoms. The molecule has 1 heterocycles. The SMILES string of the molecule is CC1CC2(CNC(=O)C2)C1C. The van der Waals surface area contributed by atoms with E-state index in [4.69, 9.17) is 0 Å². The number of nitrogens with one attached hydrogen (secondary N) is 1. The largest absolute Gasteiger partial charge is 0.356 e. The Labute approximate surface area is 67.4 Å². The highest BCUT2D eigenvalue weighted by molar-refractivity contribution is 5.79. The van der Waals surface area contributed by atoms with Gasteiger partial charge in [0.15, 0.2) is 0 Å². The highest BCUT2D eigenvalue weighted by atomic mass is 16.1. The molecule has 1 aliphatic heterocycles. The third-order valence-electron chi connectivity index (χ3n) is 3.70. The van der Waals surface area contributed by atoms with Gasteiger partial charge in [-0.15, -0.1) is 0 Å². The molecule has 0 aromatic rings. The number of hydrogen-bond donors (Lipinski definition) is 1. The first-order valence-electron chi connectivity index (χ1n) is 4.41. The maximum Gasteiger partial charge on any atom is 0.220 e. The van der Waals surface area contributed by atoms with Crippen LogP contribution in [0.1, 0.15) is 26.7 Å². The van der Waals surface area contributed by atoms with Crippen molar-refractivity contribution in [2.75, 3.05) is 6.54 Å². The predicted octanol–water partition coefficient (Wildman–Crippen LogP) is 1.17. The van der Waals surface area contributed by atoms with Crippen LogP contribution in [0, 0.1) is 17.3 Å². The second kappa shape index (κ2) is 1.99. The Morgan fingerprint density at radius 1 is 1.55 bits per heavy atom. The van der Waals surface area contributed by atoms with E-state index >= 15 is 0 Å². The van der Waals surface area contributed by atoms with Gasteiger partial charge >= 0.3 is 0 Å². The highest BCUT2D eigenvalue weighted by Crippen LogP contribution is 2.54. The molecule has 1 aliphatic carbocycles. The second-order valence-corrected chi connectivity index (χ2v) is 4.29. The number of amides is 1. The van der Waals surface area contributed by atoms with Crippen LogP contribution in [-0.2, 0) is 4.79 Å². The predicted molar refractivity (Wildman–Crippen MR) is 43.0 cm³/mol. The standard InChI is InChI=1S/C9H15NO/c1-6-3-9(7(6)2)4-8(11)10-5-9/h6-7H,3-5H2,1-2H3,(H,10,11). The van der Waals surface area contributed by atoms with Gasteiger partial charge in [-0.3, -0.25) is 4.79 Å². The summed E-state index contributed by atoms with van der Waals surface area (Å²) < 4.78 is 0. The molecule has 1 saturated heterocycles. The van der Waals surface area contributed by atoms with Crippen LogP contribution >= 0.6 is 0 Å². The van der Waals surface area contributed by atoms with Gasteiger partial charge < -0.3 is 5.32 Å². The molecule has 1 N–H and O–H groups in total. The average Bonchev–Trinajstić information content (AvgIpc) is 2.34. The van der Waals surface area contributed by atoms with Crippen LogP contribution in [0.5, 0.6) is 0 Å². The smallest absolute Gasteiger partial charge is 0.220 e. The van der Waals surface area contributed by atoms with E-state index in [9.17, 15) is 4.79 Å². The van der Waals surface area contributed by atoms with Gasteiger partial charge in [-0.05, 0) is 23.7 Å². The van der Waals surface area contributed by atoms with E-state index in [0.29, 0.717) is 5.41 Å². The van der Waals surface area contributed by atoms with Gasteiger partial charge in [-0.2, -0.15) is 0 Å². The van der Waals surface area contributed by atoms with E-state index in [1.165, 1.54) is 6.42 Å². The van der Waals surface area contributed by atoms with Crippen molar-refractivity contribution < 1.29 is 4.79 Å². The van der Waals surface area contributed by atoms with E-state index in [1.54, 1.807) is 0 Å². The molecule has 2 aliphatic rings. The summed E-state index contributed by atoms with van der Waals surface area (Å²) in [7, 11) is 0. The van der Waals surface area contributed by atoms with Gasteiger partial charge in [-0.25, -0.2) is 0 Å². The lowest BCUT2D eigenvalue weighted by atomic mass is 9.54. The van der Waals surface area contributed by atoms with Crippen molar-refractivity contribution in [1.82, 2.24) is 5.32 Å². The Morgan fingerprint density at radius 3 is 2.64 bits per heavy atom. The first-order chi connectivity index (χ1) is 5.14. The van der Waals surface area contributed by atoms with Crippen LogP contribution in [0.25, 0.3) is 0 Å². The topological polar surface area (TPSA) is 29.1 Å². The fraction of sp³-hybridized carbons (Fsp3) is 0.889. The van der Waals surface area contributed by atoms with Gasteiger partial charge in [0.25, 0.3) is 0 Å². The molecule has 3 unspecified atom stereocenters. The van der Waals surface area contributed by atoms with E-state index in [1.807, 2.05) is 0 Å². The third-order valence-corrected chi connectivity index (χ3v) is 3.70. The summed E-state index contributed by atoms with van der Waals surface area (Å²) in [5.74, 6) is 1.81. The van der Waals surface area contributed by atoms with Gasteiger partial charge in [-0.1, -0.05) is 13.8 Å². The summed E-state index contributed by atoms with van der Waals surface area (Å²) in [6, 6.07) is 0. The fourth-order valence-corrected chi connectivity index (χ4v) is 2.63. The Hall–Kier alpha value is -0.530. The molecule has 0 bridgehead atoms. The van der Waals surface area contributed by atoms with Crippen LogP contribution in [0.15, 0.2) is 0 Å². The molecule has 2 fully saturated rings. The molecule has 3 atom stereocenters. The first-order valence-corrected chi connectivity index (χ1v) is 4.41. The summed E-state index contributed by atoms with van der Waals surface area (Å²) in [6.07, 6.45) is 2.02. The number of hydrogen-bond acceptors (Lipinski definition) is 1. The monoisotopic (exact) mass is 153 g/mol. The minimum Gasteiger partial charge on any atom is -0.356 e.